The third kappa shape index (κ3) is 7.10. The van der Waals surface area contributed by atoms with Gasteiger partial charge in [0.05, 0.1) is 17.3 Å². The van der Waals surface area contributed by atoms with Crippen molar-refractivity contribution in [3.05, 3.63) is 0 Å². The van der Waals surface area contributed by atoms with Gasteiger partial charge in [0, 0.05) is 19.1 Å². The van der Waals surface area contributed by atoms with E-state index in [9.17, 15) is 18.0 Å². The minimum absolute atomic E-state index is 0.0503. The van der Waals surface area contributed by atoms with E-state index in [2.05, 4.69) is 17.1 Å². The van der Waals surface area contributed by atoms with Gasteiger partial charge in [0.25, 0.3) is 5.91 Å². The van der Waals surface area contributed by atoms with Crippen molar-refractivity contribution in [3.63, 3.8) is 0 Å². The first-order chi connectivity index (χ1) is 11.7. The fourth-order valence-corrected chi connectivity index (χ4v) is 5.49. The number of thiocarbonyl (C=S) groups is 1. The number of ether oxygens (including phenoxy) is 1. The Kier molecular flexibility index (Phi) is 7.51. The number of likely N-dealkylation sites (tertiary alicyclic amines) is 1. The molecule has 0 radical (unpaired) electrons. The Balaban J connectivity index is 1.60. The number of amides is 1. The average molecular weight is 409 g/mol. The molecular formula is C15H24N2O5S3. The van der Waals surface area contributed by atoms with E-state index < -0.39 is 28.3 Å². The predicted octanol–water partition coefficient (Wildman–Crippen LogP) is 0.583. The van der Waals surface area contributed by atoms with E-state index in [-0.39, 0.29) is 23.3 Å². The normalized spacial score (nSPS) is 23.2. The summed E-state index contributed by atoms with van der Waals surface area (Å²) >= 11 is 6.58. The molecule has 142 valence electrons. The summed E-state index contributed by atoms with van der Waals surface area (Å²) in [6.07, 6.45) is 2.60. The third-order valence-electron chi connectivity index (χ3n) is 4.32. The molecule has 2 heterocycles. The maximum absolute atomic E-state index is 11.7. The lowest BCUT2D eigenvalue weighted by molar-refractivity contribution is -0.146. The molecular weight excluding hydrogens is 384 g/mol. The van der Waals surface area contributed by atoms with Crippen LogP contribution >= 0.6 is 24.0 Å². The highest BCUT2D eigenvalue weighted by Gasteiger charge is 2.29. The van der Waals surface area contributed by atoms with Crippen LogP contribution in [-0.4, -0.2) is 72.5 Å². The highest BCUT2D eigenvalue weighted by molar-refractivity contribution is 8.23. The van der Waals surface area contributed by atoms with E-state index in [0.29, 0.717) is 16.7 Å². The summed E-state index contributed by atoms with van der Waals surface area (Å²) in [7, 11) is -3.05. The summed E-state index contributed by atoms with van der Waals surface area (Å²) < 4.78 is 28.3. The molecule has 0 aromatic heterocycles. The summed E-state index contributed by atoms with van der Waals surface area (Å²) in [5.41, 5.74) is 0. The molecule has 0 aromatic rings. The van der Waals surface area contributed by atoms with Gasteiger partial charge in [-0.25, -0.2) is 8.42 Å². The van der Waals surface area contributed by atoms with Gasteiger partial charge in [0.1, 0.15) is 4.32 Å². The fraction of sp³-hybridized carbons (Fsp3) is 0.800. The molecule has 0 aliphatic carbocycles. The van der Waals surface area contributed by atoms with Crippen molar-refractivity contribution in [1.29, 1.82) is 0 Å². The van der Waals surface area contributed by atoms with Crippen molar-refractivity contribution in [2.45, 2.75) is 32.2 Å². The number of nitrogens with one attached hydrogen (secondary N) is 1. The number of nitrogens with zero attached hydrogens (tertiary/aromatic N) is 1. The molecule has 7 nitrogen and oxygen atoms in total. The number of carbonyl (C=O) groups is 2. The highest BCUT2D eigenvalue weighted by Crippen LogP contribution is 2.20. The SMILES string of the molecule is CC1CCN(C(=S)SCC(=O)OCC(=O)NC2CCS(=O)(=O)C2)CC1. The van der Waals surface area contributed by atoms with Gasteiger partial charge in [-0.1, -0.05) is 30.9 Å². The molecule has 1 N–H and O–H groups in total. The lowest BCUT2D eigenvalue weighted by Gasteiger charge is -2.31. The lowest BCUT2D eigenvalue weighted by Crippen LogP contribution is -2.38. The van der Waals surface area contributed by atoms with Crippen molar-refractivity contribution in [3.8, 4) is 0 Å². The van der Waals surface area contributed by atoms with Crippen LogP contribution in [0.15, 0.2) is 0 Å². The zero-order valence-corrected chi connectivity index (χ0v) is 16.7. The van der Waals surface area contributed by atoms with Crippen molar-refractivity contribution >= 4 is 50.0 Å². The molecule has 2 aliphatic rings. The van der Waals surface area contributed by atoms with Crippen molar-refractivity contribution in [1.82, 2.24) is 10.2 Å². The first kappa shape index (κ1) is 20.4. The first-order valence-corrected chi connectivity index (χ1v) is 11.5. The standard InChI is InChI=1S/C15H24N2O5S3/c1-11-2-5-17(6-3-11)15(23)24-9-14(19)22-8-13(18)16-12-4-7-25(20,21)10-12/h11-12H,2-10H2,1H3,(H,16,18). The average Bonchev–Trinajstić information content (AvgIpc) is 2.90. The molecule has 0 aromatic carbocycles. The topological polar surface area (TPSA) is 92.8 Å². The molecule has 1 atom stereocenters. The lowest BCUT2D eigenvalue weighted by atomic mass is 10.00. The van der Waals surface area contributed by atoms with Gasteiger partial charge in [-0.05, 0) is 25.2 Å². The van der Waals surface area contributed by atoms with E-state index in [4.69, 9.17) is 17.0 Å². The Hall–Kier alpha value is -0.870. The molecule has 25 heavy (non-hydrogen) atoms. The summed E-state index contributed by atoms with van der Waals surface area (Å²) in [6.45, 7) is 3.64. The van der Waals surface area contributed by atoms with Gasteiger partial charge >= 0.3 is 5.97 Å². The van der Waals surface area contributed by atoms with Crippen LogP contribution in [0.25, 0.3) is 0 Å². The summed E-state index contributed by atoms with van der Waals surface area (Å²) in [5, 5.41) is 2.57. The third-order valence-corrected chi connectivity index (χ3v) is 7.58. The Morgan fingerprint density at radius 3 is 2.56 bits per heavy atom. The van der Waals surface area contributed by atoms with Crippen LogP contribution in [-0.2, 0) is 24.2 Å². The summed E-state index contributed by atoms with van der Waals surface area (Å²) in [4.78, 5) is 25.5. The van der Waals surface area contributed by atoms with Crippen LogP contribution in [0.3, 0.4) is 0 Å². The maximum atomic E-state index is 11.7. The van der Waals surface area contributed by atoms with Gasteiger partial charge < -0.3 is 15.0 Å². The number of thioether (sulfide) groups is 1. The number of rotatable bonds is 5. The molecule has 2 aliphatic heterocycles. The Morgan fingerprint density at radius 2 is 1.96 bits per heavy atom. The summed E-state index contributed by atoms with van der Waals surface area (Å²) in [6, 6.07) is -0.389. The second kappa shape index (κ2) is 9.18. The highest BCUT2D eigenvalue weighted by atomic mass is 32.2. The maximum Gasteiger partial charge on any atom is 0.316 e. The molecule has 0 bridgehead atoms. The number of carbonyl (C=O) groups excluding carboxylic acids is 2. The van der Waals surface area contributed by atoms with E-state index in [1.54, 1.807) is 0 Å². The molecule has 0 saturated carbocycles. The number of piperidine rings is 1. The van der Waals surface area contributed by atoms with E-state index in [1.165, 1.54) is 11.8 Å². The Morgan fingerprint density at radius 1 is 1.28 bits per heavy atom. The zero-order chi connectivity index (χ0) is 18.4. The predicted molar refractivity (Wildman–Crippen MR) is 101 cm³/mol. The van der Waals surface area contributed by atoms with Crippen LogP contribution < -0.4 is 5.32 Å². The van der Waals surface area contributed by atoms with E-state index in [1.807, 2.05) is 0 Å². The van der Waals surface area contributed by atoms with Crippen molar-refractivity contribution in [2.75, 3.05) is 37.0 Å². The second-order valence-electron chi connectivity index (χ2n) is 6.55. The van der Waals surface area contributed by atoms with E-state index in [0.717, 1.165) is 25.9 Å². The smallest absolute Gasteiger partial charge is 0.316 e. The molecule has 2 fully saturated rings. The molecule has 10 heteroatoms. The van der Waals surface area contributed by atoms with Crippen molar-refractivity contribution < 1.29 is 22.7 Å². The van der Waals surface area contributed by atoms with Gasteiger partial charge in [0.15, 0.2) is 16.4 Å². The number of esters is 1. The second-order valence-corrected chi connectivity index (χ2v) is 10.4. The van der Waals surface area contributed by atoms with Gasteiger partial charge in [-0.3, -0.25) is 9.59 Å². The van der Waals surface area contributed by atoms with Crippen LogP contribution in [0.1, 0.15) is 26.2 Å². The van der Waals surface area contributed by atoms with Gasteiger partial charge in [0.2, 0.25) is 0 Å². The van der Waals surface area contributed by atoms with Crippen LogP contribution in [0.5, 0.6) is 0 Å². The Labute approximate surface area is 158 Å². The minimum Gasteiger partial charge on any atom is -0.455 e. The molecule has 2 saturated heterocycles. The number of hydrogen-bond acceptors (Lipinski definition) is 7. The monoisotopic (exact) mass is 408 g/mol. The number of sulfone groups is 1. The Bertz CT molecular complexity index is 615. The van der Waals surface area contributed by atoms with Crippen LogP contribution in [0.2, 0.25) is 0 Å². The van der Waals surface area contributed by atoms with Crippen LogP contribution in [0, 0.1) is 5.92 Å². The molecule has 1 amide bonds. The zero-order valence-electron chi connectivity index (χ0n) is 14.2. The number of hydrogen-bond donors (Lipinski definition) is 1. The fourth-order valence-electron chi connectivity index (χ4n) is 2.77. The van der Waals surface area contributed by atoms with Crippen molar-refractivity contribution in [2.24, 2.45) is 5.92 Å². The quantitative estimate of drug-likeness (QED) is 0.522. The van der Waals surface area contributed by atoms with Gasteiger partial charge in [-0.2, -0.15) is 0 Å². The van der Waals surface area contributed by atoms with Crippen LogP contribution in [0.4, 0.5) is 0 Å². The largest absolute Gasteiger partial charge is 0.455 e. The molecule has 1 unspecified atom stereocenters. The first-order valence-electron chi connectivity index (χ1n) is 8.32. The summed E-state index contributed by atoms with van der Waals surface area (Å²) in [5.74, 6) is -0.176. The van der Waals surface area contributed by atoms with E-state index >= 15 is 0 Å². The van der Waals surface area contributed by atoms with Gasteiger partial charge in [-0.15, -0.1) is 0 Å². The minimum atomic E-state index is -3.05. The molecule has 0 spiro atoms. The molecule has 2 rings (SSSR count).